The van der Waals surface area contributed by atoms with Crippen LogP contribution in [0.4, 0.5) is 0 Å². The van der Waals surface area contributed by atoms with E-state index in [1.54, 1.807) is 6.07 Å². The third-order valence-electron chi connectivity index (χ3n) is 4.83. The zero-order chi connectivity index (χ0) is 18.5. The Morgan fingerprint density at radius 3 is 2.58 bits per heavy atom. The summed E-state index contributed by atoms with van der Waals surface area (Å²) in [6.07, 6.45) is 2.22. The van der Waals surface area contributed by atoms with Crippen molar-refractivity contribution in [1.29, 1.82) is 0 Å². The highest BCUT2D eigenvalue weighted by Gasteiger charge is 2.33. The molecule has 0 heterocycles. The molecular formula is C20H22N2O4. The van der Waals surface area contributed by atoms with Crippen molar-refractivity contribution in [3.63, 3.8) is 0 Å². The Morgan fingerprint density at radius 2 is 1.81 bits per heavy atom. The largest absolute Gasteiger partial charge is 0.481 e. The van der Waals surface area contributed by atoms with E-state index in [0.29, 0.717) is 18.4 Å². The lowest BCUT2D eigenvalue weighted by Crippen LogP contribution is -2.41. The van der Waals surface area contributed by atoms with Gasteiger partial charge < -0.3 is 15.7 Å². The number of rotatable bonds is 6. The number of carboxylic acids is 1. The molecule has 2 aromatic carbocycles. The van der Waals surface area contributed by atoms with E-state index in [2.05, 4.69) is 10.6 Å². The fraction of sp³-hybridized carbons (Fsp3) is 0.350. The van der Waals surface area contributed by atoms with E-state index >= 15 is 0 Å². The highest BCUT2D eigenvalue weighted by molar-refractivity contribution is 5.98. The second-order valence-electron chi connectivity index (χ2n) is 6.62. The van der Waals surface area contributed by atoms with Crippen LogP contribution in [0.15, 0.2) is 42.5 Å². The van der Waals surface area contributed by atoms with Crippen molar-refractivity contribution in [3.8, 4) is 0 Å². The standard InChI is InChI=1S/C20H22N2O4/c23-18(22-17-7-3-6-16(17)20(25)26)10-11-21-19(24)15-9-8-13-4-1-2-5-14(13)12-15/h1-2,4-5,8-9,12,16-17H,3,6-7,10-11H2,(H,21,24)(H,22,23)(H,25,26)/t16-,17+/m1/s1. The Labute approximate surface area is 151 Å². The molecule has 1 aliphatic carbocycles. The molecule has 6 nitrogen and oxygen atoms in total. The molecule has 0 radical (unpaired) electrons. The Morgan fingerprint density at radius 1 is 1.04 bits per heavy atom. The summed E-state index contributed by atoms with van der Waals surface area (Å²) in [5.74, 6) is -1.83. The summed E-state index contributed by atoms with van der Waals surface area (Å²) < 4.78 is 0. The molecule has 3 rings (SSSR count). The molecule has 1 aliphatic rings. The number of amides is 2. The van der Waals surface area contributed by atoms with Gasteiger partial charge in [0.05, 0.1) is 5.92 Å². The summed E-state index contributed by atoms with van der Waals surface area (Å²) in [5.41, 5.74) is 0.547. The molecule has 3 N–H and O–H groups in total. The van der Waals surface area contributed by atoms with Gasteiger partial charge in [0.2, 0.25) is 5.91 Å². The van der Waals surface area contributed by atoms with Crippen molar-refractivity contribution in [2.75, 3.05) is 6.54 Å². The molecule has 0 aromatic heterocycles. The molecule has 2 amide bonds. The van der Waals surface area contributed by atoms with Crippen molar-refractivity contribution in [2.45, 2.75) is 31.7 Å². The van der Waals surface area contributed by atoms with Gasteiger partial charge in [-0.15, -0.1) is 0 Å². The maximum Gasteiger partial charge on any atom is 0.308 e. The number of fused-ring (bicyclic) bond motifs is 1. The number of carbonyl (C=O) groups is 3. The molecule has 136 valence electrons. The predicted molar refractivity (Wildman–Crippen MR) is 97.8 cm³/mol. The van der Waals surface area contributed by atoms with Gasteiger partial charge in [-0.1, -0.05) is 36.8 Å². The van der Waals surface area contributed by atoms with E-state index in [1.807, 2.05) is 36.4 Å². The lowest BCUT2D eigenvalue weighted by atomic mass is 10.0. The maximum absolute atomic E-state index is 12.2. The first kappa shape index (κ1) is 17.9. The number of hydrogen-bond acceptors (Lipinski definition) is 3. The van der Waals surface area contributed by atoms with Crippen LogP contribution >= 0.6 is 0 Å². The van der Waals surface area contributed by atoms with Crippen molar-refractivity contribution < 1.29 is 19.5 Å². The minimum Gasteiger partial charge on any atom is -0.481 e. The molecule has 0 unspecified atom stereocenters. The number of aliphatic carboxylic acids is 1. The molecule has 0 aliphatic heterocycles. The highest BCUT2D eigenvalue weighted by Crippen LogP contribution is 2.25. The summed E-state index contributed by atoms with van der Waals surface area (Å²) in [7, 11) is 0. The van der Waals surface area contributed by atoms with Gasteiger partial charge in [-0.25, -0.2) is 0 Å². The van der Waals surface area contributed by atoms with Crippen LogP contribution in [-0.4, -0.2) is 35.5 Å². The monoisotopic (exact) mass is 354 g/mol. The van der Waals surface area contributed by atoms with Crippen molar-refractivity contribution >= 4 is 28.6 Å². The number of carboxylic acid groups (broad SMARTS) is 1. The Balaban J connectivity index is 1.48. The lowest BCUT2D eigenvalue weighted by molar-refractivity contribution is -0.142. The van der Waals surface area contributed by atoms with Gasteiger partial charge in [-0.3, -0.25) is 14.4 Å². The van der Waals surface area contributed by atoms with E-state index in [4.69, 9.17) is 5.11 Å². The zero-order valence-corrected chi connectivity index (χ0v) is 14.4. The van der Waals surface area contributed by atoms with Gasteiger partial charge in [0.25, 0.3) is 5.91 Å². The van der Waals surface area contributed by atoms with Crippen molar-refractivity contribution in [2.24, 2.45) is 5.92 Å². The van der Waals surface area contributed by atoms with Crippen LogP contribution in [0.5, 0.6) is 0 Å². The number of carbonyl (C=O) groups excluding carboxylic acids is 2. The fourth-order valence-electron chi connectivity index (χ4n) is 3.43. The molecule has 26 heavy (non-hydrogen) atoms. The first-order valence-corrected chi connectivity index (χ1v) is 8.84. The molecule has 0 bridgehead atoms. The normalized spacial score (nSPS) is 19.2. The fourth-order valence-corrected chi connectivity index (χ4v) is 3.43. The van der Waals surface area contributed by atoms with Crippen molar-refractivity contribution in [1.82, 2.24) is 10.6 Å². The predicted octanol–water partition coefficient (Wildman–Crippen LogP) is 2.33. The molecule has 2 aromatic rings. The van der Waals surface area contributed by atoms with Gasteiger partial charge in [0.1, 0.15) is 0 Å². The van der Waals surface area contributed by atoms with E-state index in [1.165, 1.54) is 0 Å². The quantitative estimate of drug-likeness (QED) is 0.742. The first-order valence-electron chi connectivity index (χ1n) is 8.84. The van der Waals surface area contributed by atoms with Crippen LogP contribution < -0.4 is 10.6 Å². The number of hydrogen-bond donors (Lipinski definition) is 3. The summed E-state index contributed by atoms with van der Waals surface area (Å²) in [6, 6.07) is 12.9. The van der Waals surface area contributed by atoms with Crippen LogP contribution in [0.3, 0.4) is 0 Å². The van der Waals surface area contributed by atoms with Crippen LogP contribution in [0.2, 0.25) is 0 Å². The van der Waals surface area contributed by atoms with E-state index in [9.17, 15) is 14.4 Å². The van der Waals surface area contributed by atoms with Gasteiger partial charge >= 0.3 is 5.97 Å². The highest BCUT2D eigenvalue weighted by atomic mass is 16.4. The molecule has 1 fully saturated rings. The Kier molecular flexibility index (Phi) is 5.51. The first-order chi connectivity index (χ1) is 12.5. The average molecular weight is 354 g/mol. The Hall–Kier alpha value is -2.89. The third-order valence-corrected chi connectivity index (χ3v) is 4.83. The molecule has 0 spiro atoms. The topological polar surface area (TPSA) is 95.5 Å². The SMILES string of the molecule is O=C(CCNC(=O)c1ccc2ccccc2c1)N[C@H]1CCC[C@H]1C(=O)O. The van der Waals surface area contributed by atoms with Crippen LogP contribution in [0.1, 0.15) is 36.0 Å². The second kappa shape index (κ2) is 7.99. The summed E-state index contributed by atoms with van der Waals surface area (Å²) in [5, 5.41) is 16.7. The Bertz CT molecular complexity index is 833. The van der Waals surface area contributed by atoms with Crippen molar-refractivity contribution in [3.05, 3.63) is 48.0 Å². The summed E-state index contributed by atoms with van der Waals surface area (Å²) in [6.45, 7) is 0.210. The third kappa shape index (κ3) is 4.20. The van der Waals surface area contributed by atoms with Gasteiger partial charge in [-0.05, 0) is 35.7 Å². The molecule has 0 saturated heterocycles. The van der Waals surface area contributed by atoms with E-state index in [0.717, 1.165) is 17.2 Å². The molecular weight excluding hydrogens is 332 g/mol. The molecule has 1 saturated carbocycles. The van der Waals surface area contributed by atoms with Crippen LogP contribution in [0, 0.1) is 5.92 Å². The zero-order valence-electron chi connectivity index (χ0n) is 14.4. The minimum atomic E-state index is -0.864. The van der Waals surface area contributed by atoms with E-state index in [-0.39, 0.29) is 30.8 Å². The van der Waals surface area contributed by atoms with Gasteiger partial charge in [0.15, 0.2) is 0 Å². The van der Waals surface area contributed by atoms with E-state index < -0.39 is 11.9 Å². The van der Waals surface area contributed by atoms with Crippen LogP contribution in [0.25, 0.3) is 10.8 Å². The van der Waals surface area contributed by atoms with Gasteiger partial charge in [0, 0.05) is 24.6 Å². The molecule has 2 atom stereocenters. The average Bonchev–Trinajstić information content (AvgIpc) is 3.09. The van der Waals surface area contributed by atoms with Crippen LogP contribution in [-0.2, 0) is 9.59 Å². The molecule has 6 heteroatoms. The summed E-state index contributed by atoms with van der Waals surface area (Å²) >= 11 is 0. The summed E-state index contributed by atoms with van der Waals surface area (Å²) in [4.78, 5) is 35.4. The smallest absolute Gasteiger partial charge is 0.308 e. The minimum absolute atomic E-state index is 0.127. The second-order valence-corrected chi connectivity index (χ2v) is 6.62. The number of benzene rings is 2. The van der Waals surface area contributed by atoms with Gasteiger partial charge in [-0.2, -0.15) is 0 Å². The lowest BCUT2D eigenvalue weighted by Gasteiger charge is -2.17. The maximum atomic E-state index is 12.2. The number of nitrogens with one attached hydrogen (secondary N) is 2.